The van der Waals surface area contributed by atoms with Crippen LogP contribution in [0.15, 0.2) is 18.3 Å². The van der Waals surface area contributed by atoms with Gasteiger partial charge in [0.15, 0.2) is 0 Å². The van der Waals surface area contributed by atoms with E-state index in [1.807, 2.05) is 18.3 Å². The number of pyridine rings is 1. The lowest BCUT2D eigenvalue weighted by molar-refractivity contribution is 0.252. The summed E-state index contributed by atoms with van der Waals surface area (Å²) in [6.45, 7) is 3.96. The molecule has 1 aliphatic rings. The largest absolute Gasteiger partial charge is 0.493 e. The topological polar surface area (TPSA) is 34.1 Å². The highest BCUT2D eigenvalue weighted by atomic mass is 16.5. The number of ether oxygens (including phenoxy) is 1. The fraction of sp³-hybridized carbons (Fsp3) is 0.643. The van der Waals surface area contributed by atoms with E-state index in [9.17, 15) is 0 Å². The Morgan fingerprint density at radius 1 is 1.41 bits per heavy atom. The number of anilines is 1. The molecule has 0 aliphatic heterocycles. The molecule has 1 N–H and O–H groups in total. The number of nitrogens with one attached hydrogen (secondary N) is 1. The van der Waals surface area contributed by atoms with E-state index in [0.717, 1.165) is 37.1 Å². The SMILES string of the molecule is CCCNc1cc(OCC2CCCC2)ccn1. The molecule has 0 amide bonds. The molecule has 2 rings (SSSR count). The Morgan fingerprint density at radius 3 is 3.00 bits per heavy atom. The summed E-state index contributed by atoms with van der Waals surface area (Å²) in [5, 5.41) is 3.27. The average Bonchev–Trinajstić information content (AvgIpc) is 2.87. The minimum atomic E-state index is 0.759. The van der Waals surface area contributed by atoms with Crippen LogP contribution in [0, 0.1) is 5.92 Å². The van der Waals surface area contributed by atoms with E-state index in [1.165, 1.54) is 25.7 Å². The van der Waals surface area contributed by atoms with Crippen LogP contribution >= 0.6 is 0 Å². The van der Waals surface area contributed by atoms with Crippen molar-refractivity contribution < 1.29 is 4.74 Å². The maximum Gasteiger partial charge on any atom is 0.129 e. The van der Waals surface area contributed by atoms with E-state index in [1.54, 1.807) is 0 Å². The summed E-state index contributed by atoms with van der Waals surface area (Å²) in [7, 11) is 0. The third-order valence-electron chi connectivity index (χ3n) is 3.25. The van der Waals surface area contributed by atoms with Crippen LogP contribution in [0.25, 0.3) is 0 Å². The van der Waals surface area contributed by atoms with Crippen LogP contribution in [0.3, 0.4) is 0 Å². The Bertz CT molecular complexity index is 335. The average molecular weight is 234 g/mol. The van der Waals surface area contributed by atoms with Gasteiger partial charge in [-0.25, -0.2) is 4.98 Å². The van der Waals surface area contributed by atoms with Crippen molar-refractivity contribution in [3.8, 4) is 5.75 Å². The molecule has 0 radical (unpaired) electrons. The molecule has 0 atom stereocenters. The van der Waals surface area contributed by atoms with Crippen molar-refractivity contribution in [3.05, 3.63) is 18.3 Å². The highest BCUT2D eigenvalue weighted by molar-refractivity contribution is 5.40. The summed E-state index contributed by atoms with van der Waals surface area (Å²) in [6.07, 6.45) is 8.30. The van der Waals surface area contributed by atoms with Crippen molar-refractivity contribution in [1.82, 2.24) is 4.98 Å². The minimum Gasteiger partial charge on any atom is -0.493 e. The van der Waals surface area contributed by atoms with E-state index in [0.29, 0.717) is 0 Å². The van der Waals surface area contributed by atoms with Gasteiger partial charge in [0, 0.05) is 18.8 Å². The Labute approximate surface area is 104 Å². The lowest BCUT2D eigenvalue weighted by atomic mass is 10.1. The summed E-state index contributed by atoms with van der Waals surface area (Å²) in [4.78, 5) is 4.27. The van der Waals surface area contributed by atoms with Gasteiger partial charge in [-0.1, -0.05) is 19.8 Å². The molecule has 0 unspecified atom stereocenters. The number of hydrogen-bond donors (Lipinski definition) is 1. The molecular formula is C14H22N2O. The Kier molecular flexibility index (Phi) is 4.65. The van der Waals surface area contributed by atoms with Gasteiger partial charge in [-0.2, -0.15) is 0 Å². The maximum atomic E-state index is 5.83. The first-order valence-corrected chi connectivity index (χ1v) is 6.71. The molecule has 17 heavy (non-hydrogen) atoms. The van der Waals surface area contributed by atoms with Gasteiger partial charge in [-0.3, -0.25) is 0 Å². The van der Waals surface area contributed by atoms with Crippen LogP contribution in [0.1, 0.15) is 39.0 Å². The second kappa shape index (κ2) is 6.48. The van der Waals surface area contributed by atoms with Crippen molar-refractivity contribution in [3.63, 3.8) is 0 Å². The molecule has 1 fully saturated rings. The molecular weight excluding hydrogens is 212 g/mol. The zero-order chi connectivity index (χ0) is 11.9. The first-order valence-electron chi connectivity index (χ1n) is 6.71. The van der Waals surface area contributed by atoms with E-state index < -0.39 is 0 Å². The Balaban J connectivity index is 1.82. The van der Waals surface area contributed by atoms with Crippen molar-refractivity contribution in [2.45, 2.75) is 39.0 Å². The standard InChI is InChI=1S/C14H22N2O/c1-2-8-15-14-10-13(7-9-16-14)17-11-12-5-3-4-6-12/h7,9-10,12H,2-6,8,11H2,1H3,(H,15,16). The molecule has 1 aliphatic carbocycles. The summed E-state index contributed by atoms with van der Waals surface area (Å²) in [5.41, 5.74) is 0. The van der Waals surface area contributed by atoms with Gasteiger partial charge in [-0.05, 0) is 31.2 Å². The van der Waals surface area contributed by atoms with E-state index in [-0.39, 0.29) is 0 Å². The molecule has 1 aromatic rings. The summed E-state index contributed by atoms with van der Waals surface area (Å²) < 4.78 is 5.83. The highest BCUT2D eigenvalue weighted by Gasteiger charge is 2.15. The second-order valence-corrected chi connectivity index (χ2v) is 4.77. The lowest BCUT2D eigenvalue weighted by Crippen LogP contribution is -2.08. The molecule has 1 saturated carbocycles. The van der Waals surface area contributed by atoms with Crippen molar-refractivity contribution in [2.75, 3.05) is 18.5 Å². The zero-order valence-electron chi connectivity index (χ0n) is 10.6. The lowest BCUT2D eigenvalue weighted by Gasteiger charge is -2.12. The van der Waals surface area contributed by atoms with E-state index >= 15 is 0 Å². The molecule has 0 aromatic carbocycles. The van der Waals surface area contributed by atoms with E-state index in [4.69, 9.17) is 4.74 Å². The molecule has 0 bridgehead atoms. The third-order valence-corrected chi connectivity index (χ3v) is 3.25. The first kappa shape index (κ1) is 12.2. The number of hydrogen-bond acceptors (Lipinski definition) is 3. The predicted molar refractivity (Wildman–Crippen MR) is 70.5 cm³/mol. The highest BCUT2D eigenvalue weighted by Crippen LogP contribution is 2.25. The second-order valence-electron chi connectivity index (χ2n) is 4.77. The Hall–Kier alpha value is -1.25. The van der Waals surface area contributed by atoms with Gasteiger partial charge in [0.2, 0.25) is 0 Å². The monoisotopic (exact) mass is 234 g/mol. The van der Waals surface area contributed by atoms with Crippen LogP contribution in [0.5, 0.6) is 5.75 Å². The Morgan fingerprint density at radius 2 is 2.24 bits per heavy atom. The smallest absolute Gasteiger partial charge is 0.129 e. The van der Waals surface area contributed by atoms with Gasteiger partial charge >= 0.3 is 0 Å². The molecule has 0 spiro atoms. The predicted octanol–water partition coefficient (Wildman–Crippen LogP) is 3.47. The van der Waals surface area contributed by atoms with Gasteiger partial charge in [0.1, 0.15) is 11.6 Å². The van der Waals surface area contributed by atoms with Crippen LogP contribution in [0.2, 0.25) is 0 Å². The first-order chi connectivity index (χ1) is 8.38. The molecule has 0 saturated heterocycles. The summed E-state index contributed by atoms with van der Waals surface area (Å²) >= 11 is 0. The fourth-order valence-corrected chi connectivity index (χ4v) is 2.24. The van der Waals surface area contributed by atoms with Crippen molar-refractivity contribution in [1.29, 1.82) is 0 Å². The van der Waals surface area contributed by atoms with E-state index in [2.05, 4.69) is 17.2 Å². The maximum absolute atomic E-state index is 5.83. The van der Waals surface area contributed by atoms with Crippen molar-refractivity contribution >= 4 is 5.82 Å². The van der Waals surface area contributed by atoms with Crippen LogP contribution < -0.4 is 10.1 Å². The number of aromatic nitrogens is 1. The zero-order valence-corrected chi connectivity index (χ0v) is 10.6. The van der Waals surface area contributed by atoms with Gasteiger partial charge in [0.05, 0.1) is 6.61 Å². The summed E-state index contributed by atoms with van der Waals surface area (Å²) in [5.74, 6) is 2.61. The van der Waals surface area contributed by atoms with Gasteiger partial charge < -0.3 is 10.1 Å². The minimum absolute atomic E-state index is 0.759. The fourth-order valence-electron chi connectivity index (χ4n) is 2.24. The molecule has 1 heterocycles. The summed E-state index contributed by atoms with van der Waals surface area (Å²) in [6, 6.07) is 3.93. The van der Waals surface area contributed by atoms with Crippen LogP contribution in [-0.4, -0.2) is 18.1 Å². The number of rotatable bonds is 6. The quantitative estimate of drug-likeness (QED) is 0.818. The molecule has 1 aromatic heterocycles. The molecule has 3 nitrogen and oxygen atoms in total. The van der Waals surface area contributed by atoms with Gasteiger partial charge in [-0.15, -0.1) is 0 Å². The third kappa shape index (κ3) is 3.91. The van der Waals surface area contributed by atoms with Crippen molar-refractivity contribution in [2.24, 2.45) is 5.92 Å². The molecule has 3 heteroatoms. The van der Waals surface area contributed by atoms with Crippen LogP contribution in [0.4, 0.5) is 5.82 Å². The number of nitrogens with zero attached hydrogens (tertiary/aromatic N) is 1. The van der Waals surface area contributed by atoms with Crippen LogP contribution in [-0.2, 0) is 0 Å². The molecule has 94 valence electrons. The van der Waals surface area contributed by atoms with Gasteiger partial charge in [0.25, 0.3) is 0 Å². The normalized spacial score (nSPS) is 16.1.